The van der Waals surface area contributed by atoms with E-state index in [-0.39, 0.29) is 35.8 Å². The highest BCUT2D eigenvalue weighted by Gasteiger charge is 2.20. The molecule has 3 N–H and O–H groups in total. The van der Waals surface area contributed by atoms with Crippen LogP contribution in [0.25, 0.3) is 5.95 Å². The zero-order valence-electron chi connectivity index (χ0n) is 21.4. The van der Waals surface area contributed by atoms with E-state index >= 15 is 0 Å². The molecule has 0 atom stereocenters. The Morgan fingerprint density at radius 3 is 2.26 bits per heavy atom. The van der Waals surface area contributed by atoms with Gasteiger partial charge in [-0.25, -0.2) is 14.5 Å². The van der Waals surface area contributed by atoms with E-state index in [1.165, 1.54) is 13.1 Å². The second-order valence-corrected chi connectivity index (χ2v) is 8.37. The van der Waals surface area contributed by atoms with E-state index in [4.69, 9.17) is 4.74 Å². The van der Waals surface area contributed by atoms with E-state index < -0.39 is 5.97 Å². The van der Waals surface area contributed by atoms with Gasteiger partial charge in [0.2, 0.25) is 5.91 Å². The Bertz CT molecular complexity index is 1500. The van der Waals surface area contributed by atoms with Crippen LogP contribution in [-0.2, 0) is 9.53 Å². The first-order valence-corrected chi connectivity index (χ1v) is 11.9. The number of rotatable bonds is 8. The van der Waals surface area contributed by atoms with Gasteiger partial charge in [-0.15, -0.1) is 0 Å². The molecule has 0 aliphatic carbocycles. The van der Waals surface area contributed by atoms with Gasteiger partial charge in [0.05, 0.1) is 23.6 Å². The number of aryl methyl sites for hydroxylation is 2. The predicted molar refractivity (Wildman–Crippen MR) is 143 cm³/mol. The number of amides is 2. The van der Waals surface area contributed by atoms with Crippen LogP contribution in [0, 0.1) is 13.8 Å². The number of para-hydroxylation sites is 1. The van der Waals surface area contributed by atoms with E-state index in [2.05, 4.69) is 31.0 Å². The summed E-state index contributed by atoms with van der Waals surface area (Å²) in [6.45, 7) is 7.04. The topological polar surface area (TPSA) is 140 Å². The fourth-order valence-corrected chi connectivity index (χ4v) is 3.72. The summed E-state index contributed by atoms with van der Waals surface area (Å²) >= 11 is 0. The molecule has 2 aromatic heterocycles. The van der Waals surface area contributed by atoms with Gasteiger partial charge in [0.25, 0.3) is 11.9 Å². The number of ether oxygens (including phenoxy) is 1. The van der Waals surface area contributed by atoms with Gasteiger partial charge >= 0.3 is 5.97 Å². The number of anilines is 4. The maximum atomic E-state index is 13.2. The summed E-state index contributed by atoms with van der Waals surface area (Å²) in [5.41, 5.74) is 3.62. The van der Waals surface area contributed by atoms with Gasteiger partial charge in [-0.1, -0.05) is 12.1 Å². The Balaban J connectivity index is 1.65. The van der Waals surface area contributed by atoms with Crippen LogP contribution >= 0.6 is 0 Å². The number of aromatic nitrogens is 4. The lowest BCUT2D eigenvalue weighted by molar-refractivity contribution is -0.114. The van der Waals surface area contributed by atoms with E-state index in [1.807, 2.05) is 19.9 Å². The standard InChI is InChI=1S/C27H27N7O4/c1-5-38-26(37)22-15-28-27(34-17(3)14-16(2)33-34)32-24(22)31-23-9-7-6-8-21(23)25(36)30-20-12-10-19(11-13-20)29-18(4)35/h6-15H,5H2,1-4H3,(H,29,35)(H,30,36)(H,28,31,32). The Labute approximate surface area is 219 Å². The SMILES string of the molecule is CCOC(=O)c1cnc(-n2nc(C)cc2C)nc1Nc1ccccc1C(=O)Nc1ccc(NC(C)=O)cc1. The number of carbonyl (C=O) groups is 3. The summed E-state index contributed by atoms with van der Waals surface area (Å²) in [4.78, 5) is 45.9. The molecule has 194 valence electrons. The maximum Gasteiger partial charge on any atom is 0.343 e. The number of nitrogens with one attached hydrogen (secondary N) is 3. The van der Waals surface area contributed by atoms with Gasteiger partial charge in [-0.3, -0.25) is 9.59 Å². The maximum absolute atomic E-state index is 13.2. The summed E-state index contributed by atoms with van der Waals surface area (Å²) in [7, 11) is 0. The molecule has 0 saturated heterocycles. The van der Waals surface area contributed by atoms with Crippen molar-refractivity contribution in [3.63, 3.8) is 0 Å². The smallest absolute Gasteiger partial charge is 0.343 e. The lowest BCUT2D eigenvalue weighted by Crippen LogP contribution is -2.16. The molecule has 2 aromatic carbocycles. The Morgan fingerprint density at radius 2 is 1.63 bits per heavy atom. The van der Waals surface area contributed by atoms with Crippen LogP contribution in [0.4, 0.5) is 22.9 Å². The molecule has 0 saturated carbocycles. The van der Waals surface area contributed by atoms with E-state index in [0.717, 1.165) is 11.4 Å². The third-order valence-electron chi connectivity index (χ3n) is 5.36. The number of esters is 1. The molecule has 11 nitrogen and oxygen atoms in total. The first kappa shape index (κ1) is 26.0. The molecular weight excluding hydrogens is 486 g/mol. The second kappa shape index (κ2) is 11.3. The van der Waals surface area contributed by atoms with Crippen molar-refractivity contribution in [2.45, 2.75) is 27.7 Å². The van der Waals surface area contributed by atoms with Crippen molar-refractivity contribution in [1.29, 1.82) is 0 Å². The minimum atomic E-state index is -0.601. The lowest BCUT2D eigenvalue weighted by atomic mass is 10.1. The van der Waals surface area contributed by atoms with Crippen LogP contribution in [0.2, 0.25) is 0 Å². The molecule has 4 aromatic rings. The first-order chi connectivity index (χ1) is 18.2. The second-order valence-electron chi connectivity index (χ2n) is 8.37. The average molecular weight is 514 g/mol. The van der Waals surface area contributed by atoms with Crippen LogP contribution in [0.5, 0.6) is 0 Å². The molecule has 38 heavy (non-hydrogen) atoms. The number of hydrogen-bond acceptors (Lipinski definition) is 8. The van der Waals surface area contributed by atoms with E-state index in [0.29, 0.717) is 22.6 Å². The summed E-state index contributed by atoms with van der Waals surface area (Å²) in [5.74, 6) is -0.745. The van der Waals surface area contributed by atoms with Crippen molar-refractivity contribution < 1.29 is 19.1 Å². The molecule has 4 rings (SSSR count). The van der Waals surface area contributed by atoms with Gasteiger partial charge in [-0.2, -0.15) is 10.1 Å². The predicted octanol–water partition coefficient (Wildman–Crippen LogP) is 4.41. The quantitative estimate of drug-likeness (QED) is 0.294. The van der Waals surface area contributed by atoms with E-state index in [1.54, 1.807) is 60.1 Å². The molecule has 0 radical (unpaired) electrons. The Hall–Kier alpha value is -5.06. The largest absolute Gasteiger partial charge is 0.462 e. The minimum Gasteiger partial charge on any atom is -0.462 e. The molecule has 11 heteroatoms. The Kier molecular flexibility index (Phi) is 7.76. The van der Waals surface area contributed by atoms with Crippen molar-refractivity contribution in [3.8, 4) is 5.95 Å². The zero-order chi connectivity index (χ0) is 27.2. The number of hydrogen-bond donors (Lipinski definition) is 3. The van der Waals surface area contributed by atoms with Crippen LogP contribution < -0.4 is 16.0 Å². The van der Waals surface area contributed by atoms with Crippen molar-refractivity contribution in [2.75, 3.05) is 22.6 Å². The number of benzene rings is 2. The molecule has 0 unspecified atom stereocenters. The van der Waals surface area contributed by atoms with E-state index in [9.17, 15) is 14.4 Å². The molecule has 0 spiro atoms. The molecule has 0 aliphatic heterocycles. The van der Waals surface area contributed by atoms with Gasteiger partial charge in [0.15, 0.2) is 5.82 Å². The minimum absolute atomic E-state index is 0.112. The van der Waals surface area contributed by atoms with Crippen LogP contribution in [0.15, 0.2) is 60.8 Å². The molecule has 0 fully saturated rings. The van der Waals surface area contributed by atoms with Crippen molar-refractivity contribution in [3.05, 3.63) is 83.3 Å². The summed E-state index contributed by atoms with van der Waals surface area (Å²) in [5, 5.41) is 13.0. The fraction of sp³-hybridized carbons (Fsp3) is 0.185. The van der Waals surface area contributed by atoms with Crippen LogP contribution in [0.3, 0.4) is 0 Å². The number of nitrogens with zero attached hydrogens (tertiary/aromatic N) is 4. The summed E-state index contributed by atoms with van der Waals surface area (Å²) in [6, 6.07) is 15.5. The van der Waals surface area contributed by atoms with Gasteiger partial charge in [-0.05, 0) is 63.2 Å². The first-order valence-electron chi connectivity index (χ1n) is 11.9. The molecule has 0 bridgehead atoms. The molecular formula is C27H27N7O4. The van der Waals surface area contributed by atoms with Crippen molar-refractivity contribution in [1.82, 2.24) is 19.7 Å². The van der Waals surface area contributed by atoms with Crippen molar-refractivity contribution >= 4 is 40.7 Å². The highest BCUT2D eigenvalue weighted by molar-refractivity contribution is 6.09. The monoisotopic (exact) mass is 513 g/mol. The van der Waals surface area contributed by atoms with Gasteiger partial charge < -0.3 is 20.7 Å². The van der Waals surface area contributed by atoms with Crippen LogP contribution in [-0.4, -0.2) is 44.1 Å². The zero-order valence-corrected chi connectivity index (χ0v) is 21.4. The number of carbonyl (C=O) groups excluding carboxylic acids is 3. The Morgan fingerprint density at radius 1 is 0.947 bits per heavy atom. The molecule has 2 amide bonds. The molecule has 2 heterocycles. The van der Waals surface area contributed by atoms with Crippen molar-refractivity contribution in [2.24, 2.45) is 0 Å². The lowest BCUT2D eigenvalue weighted by Gasteiger charge is -2.15. The normalized spacial score (nSPS) is 10.5. The highest BCUT2D eigenvalue weighted by Crippen LogP contribution is 2.25. The fourth-order valence-electron chi connectivity index (χ4n) is 3.72. The third-order valence-corrected chi connectivity index (χ3v) is 5.36. The third kappa shape index (κ3) is 6.01. The van der Waals surface area contributed by atoms with Gasteiger partial charge in [0, 0.05) is 30.2 Å². The average Bonchev–Trinajstić information content (AvgIpc) is 3.23. The van der Waals surface area contributed by atoms with Gasteiger partial charge in [0.1, 0.15) is 5.56 Å². The molecule has 0 aliphatic rings. The van der Waals surface area contributed by atoms with Crippen LogP contribution in [0.1, 0.15) is 46.0 Å². The highest BCUT2D eigenvalue weighted by atomic mass is 16.5. The summed E-state index contributed by atoms with van der Waals surface area (Å²) in [6.07, 6.45) is 1.37. The summed E-state index contributed by atoms with van der Waals surface area (Å²) < 4.78 is 6.75.